The van der Waals surface area contributed by atoms with Crippen molar-refractivity contribution < 1.29 is 24.2 Å². The van der Waals surface area contributed by atoms with Crippen LogP contribution in [-0.4, -0.2) is 57.0 Å². The Labute approximate surface area is 184 Å². The molecule has 0 aliphatic heterocycles. The van der Waals surface area contributed by atoms with Crippen molar-refractivity contribution in [3.05, 3.63) is 48.2 Å². The van der Waals surface area contributed by atoms with Gasteiger partial charge in [0.1, 0.15) is 23.5 Å². The lowest BCUT2D eigenvalue weighted by Gasteiger charge is -2.22. The van der Waals surface area contributed by atoms with Gasteiger partial charge in [-0.2, -0.15) is 0 Å². The summed E-state index contributed by atoms with van der Waals surface area (Å²) < 4.78 is 5.32. The summed E-state index contributed by atoms with van der Waals surface area (Å²) in [4.78, 5) is 47.2. The average molecular weight is 441 g/mol. The number of aromatic amines is 2. The molecule has 0 spiro atoms. The largest absolute Gasteiger partial charge is 0.496 e. The van der Waals surface area contributed by atoms with E-state index in [1.807, 2.05) is 19.9 Å². The molecule has 2 amide bonds. The third-order valence-corrected chi connectivity index (χ3v) is 5.01. The Morgan fingerprint density at radius 2 is 1.97 bits per heavy atom. The number of rotatable bonds is 10. The minimum absolute atomic E-state index is 0.0469. The summed E-state index contributed by atoms with van der Waals surface area (Å²) in [6.07, 6.45) is 3.33. The third kappa shape index (κ3) is 5.45. The summed E-state index contributed by atoms with van der Waals surface area (Å²) >= 11 is 0. The average Bonchev–Trinajstić information content (AvgIpc) is 3.41. The Kier molecular flexibility index (Phi) is 7.14. The van der Waals surface area contributed by atoms with Gasteiger partial charge in [0.25, 0.3) is 5.91 Å². The standard InChI is InChI=1S/C22H27N5O5/c1-12(2)7-16(20(28)27-18(22(30)31)8-13-10-23-11-24-13)26-21(29)17-9-14-15(25-17)5-4-6-19(14)32-3/h4-6,9-12,16,18,25H,7-8H2,1-3H3,(H,23,24)(H,26,29)(H,27,28)(H,30,31). The molecule has 1 aromatic carbocycles. The van der Waals surface area contributed by atoms with Crippen molar-refractivity contribution >= 4 is 28.7 Å². The number of nitrogens with zero attached hydrogens (tertiary/aromatic N) is 1. The number of nitrogens with one attached hydrogen (secondary N) is 4. The fourth-order valence-corrected chi connectivity index (χ4v) is 3.46. The van der Waals surface area contributed by atoms with E-state index < -0.39 is 29.9 Å². The number of ether oxygens (including phenoxy) is 1. The van der Waals surface area contributed by atoms with E-state index in [9.17, 15) is 19.5 Å². The van der Waals surface area contributed by atoms with Gasteiger partial charge in [0, 0.05) is 29.2 Å². The quantitative estimate of drug-likeness (QED) is 0.324. The van der Waals surface area contributed by atoms with Crippen LogP contribution in [0.1, 0.15) is 36.5 Å². The number of aliphatic carboxylic acids is 1. The predicted molar refractivity (Wildman–Crippen MR) is 117 cm³/mol. The second-order valence-corrected chi connectivity index (χ2v) is 7.94. The van der Waals surface area contributed by atoms with Gasteiger partial charge in [-0.05, 0) is 30.5 Å². The van der Waals surface area contributed by atoms with Crippen LogP contribution in [0.15, 0.2) is 36.8 Å². The molecule has 0 bridgehead atoms. The van der Waals surface area contributed by atoms with Gasteiger partial charge in [-0.15, -0.1) is 0 Å². The third-order valence-electron chi connectivity index (χ3n) is 5.01. The van der Waals surface area contributed by atoms with Gasteiger partial charge in [-0.25, -0.2) is 9.78 Å². The lowest BCUT2D eigenvalue weighted by atomic mass is 10.0. The topological polar surface area (TPSA) is 149 Å². The van der Waals surface area contributed by atoms with Crippen molar-refractivity contribution in [3.63, 3.8) is 0 Å². The van der Waals surface area contributed by atoms with Crippen molar-refractivity contribution in [2.75, 3.05) is 7.11 Å². The summed E-state index contributed by atoms with van der Waals surface area (Å²) in [6, 6.07) is 5.01. The lowest BCUT2D eigenvalue weighted by molar-refractivity contribution is -0.142. The van der Waals surface area contributed by atoms with Gasteiger partial charge >= 0.3 is 5.97 Å². The summed E-state index contributed by atoms with van der Waals surface area (Å²) in [5.74, 6) is -1.50. The number of carbonyl (C=O) groups is 3. The van der Waals surface area contributed by atoms with Crippen LogP contribution in [0.5, 0.6) is 5.75 Å². The van der Waals surface area contributed by atoms with Crippen LogP contribution in [0.3, 0.4) is 0 Å². The van der Waals surface area contributed by atoms with Crippen LogP contribution in [0, 0.1) is 5.92 Å². The zero-order valence-electron chi connectivity index (χ0n) is 18.1. The number of hydrogen-bond acceptors (Lipinski definition) is 5. The highest BCUT2D eigenvalue weighted by atomic mass is 16.5. The molecule has 0 fully saturated rings. The number of H-pyrrole nitrogens is 2. The van der Waals surface area contributed by atoms with Crippen molar-refractivity contribution in [1.82, 2.24) is 25.6 Å². The zero-order valence-corrected chi connectivity index (χ0v) is 18.1. The zero-order chi connectivity index (χ0) is 23.3. The summed E-state index contributed by atoms with van der Waals surface area (Å²) in [7, 11) is 1.55. The number of methoxy groups -OCH3 is 1. The van der Waals surface area contributed by atoms with Crippen LogP contribution in [0.4, 0.5) is 0 Å². The lowest BCUT2D eigenvalue weighted by Crippen LogP contribution is -2.52. The van der Waals surface area contributed by atoms with E-state index in [1.165, 1.54) is 12.5 Å². The first-order valence-electron chi connectivity index (χ1n) is 10.3. The smallest absolute Gasteiger partial charge is 0.326 e. The second-order valence-electron chi connectivity index (χ2n) is 7.94. The molecule has 0 saturated heterocycles. The normalized spacial score (nSPS) is 13.0. The molecule has 3 rings (SSSR count). The number of imidazole rings is 1. The number of carboxylic acids is 1. The Hall–Kier alpha value is -3.82. The molecule has 2 heterocycles. The van der Waals surface area contributed by atoms with Crippen LogP contribution < -0.4 is 15.4 Å². The number of hydrogen-bond donors (Lipinski definition) is 5. The van der Waals surface area contributed by atoms with Gasteiger partial charge in [-0.1, -0.05) is 19.9 Å². The first-order chi connectivity index (χ1) is 15.3. The highest BCUT2D eigenvalue weighted by molar-refractivity contribution is 6.01. The maximum atomic E-state index is 12.9. The highest BCUT2D eigenvalue weighted by Crippen LogP contribution is 2.26. The minimum Gasteiger partial charge on any atom is -0.496 e. The van der Waals surface area contributed by atoms with E-state index in [0.29, 0.717) is 17.9 Å². The molecule has 0 aliphatic rings. The molecule has 5 N–H and O–H groups in total. The van der Waals surface area contributed by atoms with Gasteiger partial charge in [0.2, 0.25) is 5.91 Å². The Morgan fingerprint density at radius 1 is 1.19 bits per heavy atom. The molecule has 0 saturated carbocycles. The van der Waals surface area contributed by atoms with E-state index in [0.717, 1.165) is 10.9 Å². The molecule has 2 unspecified atom stereocenters. The molecule has 0 radical (unpaired) electrons. The van der Waals surface area contributed by atoms with Gasteiger partial charge in [0.15, 0.2) is 0 Å². The number of aromatic nitrogens is 3. The van der Waals surface area contributed by atoms with Crippen molar-refractivity contribution in [2.24, 2.45) is 5.92 Å². The number of fused-ring (bicyclic) bond motifs is 1. The van der Waals surface area contributed by atoms with Crippen LogP contribution in [-0.2, 0) is 16.0 Å². The molecule has 10 heteroatoms. The second kappa shape index (κ2) is 9.99. The van der Waals surface area contributed by atoms with E-state index in [2.05, 4.69) is 25.6 Å². The molecular weight excluding hydrogens is 414 g/mol. The Bertz CT molecular complexity index is 1090. The van der Waals surface area contributed by atoms with Crippen LogP contribution >= 0.6 is 0 Å². The predicted octanol–water partition coefficient (Wildman–Crippen LogP) is 1.86. The fraction of sp³-hybridized carbons (Fsp3) is 0.364. The SMILES string of the molecule is COc1cccc2[nH]c(C(=O)NC(CC(C)C)C(=O)NC(Cc3cnc[nH]3)C(=O)O)cc12. The maximum Gasteiger partial charge on any atom is 0.326 e. The molecule has 0 aliphatic carbocycles. The van der Waals surface area contributed by atoms with Gasteiger partial charge in [0.05, 0.1) is 13.4 Å². The first-order valence-corrected chi connectivity index (χ1v) is 10.3. The van der Waals surface area contributed by atoms with Crippen molar-refractivity contribution in [3.8, 4) is 5.75 Å². The molecule has 2 aromatic heterocycles. The number of carboxylic acid groups (broad SMARTS) is 1. The minimum atomic E-state index is -1.18. The molecule has 3 aromatic rings. The summed E-state index contributed by atoms with van der Waals surface area (Å²) in [5, 5.41) is 15.5. The summed E-state index contributed by atoms with van der Waals surface area (Å²) in [6.45, 7) is 3.83. The highest BCUT2D eigenvalue weighted by Gasteiger charge is 2.28. The Balaban J connectivity index is 1.75. The Morgan fingerprint density at radius 3 is 2.59 bits per heavy atom. The molecular formula is C22H27N5O5. The maximum absolute atomic E-state index is 12.9. The number of amides is 2. The molecule has 170 valence electrons. The monoisotopic (exact) mass is 441 g/mol. The van der Waals surface area contributed by atoms with Gasteiger partial charge in [-0.3, -0.25) is 9.59 Å². The van der Waals surface area contributed by atoms with E-state index >= 15 is 0 Å². The van der Waals surface area contributed by atoms with Crippen molar-refractivity contribution in [2.45, 2.75) is 38.8 Å². The summed E-state index contributed by atoms with van der Waals surface area (Å²) in [5.41, 5.74) is 1.58. The van der Waals surface area contributed by atoms with E-state index in [-0.39, 0.29) is 18.0 Å². The number of carbonyl (C=O) groups excluding carboxylic acids is 2. The van der Waals surface area contributed by atoms with Crippen LogP contribution in [0.25, 0.3) is 10.9 Å². The van der Waals surface area contributed by atoms with Gasteiger partial charge < -0.3 is 30.4 Å². The van der Waals surface area contributed by atoms with E-state index in [4.69, 9.17) is 4.74 Å². The van der Waals surface area contributed by atoms with Crippen LogP contribution in [0.2, 0.25) is 0 Å². The van der Waals surface area contributed by atoms with E-state index in [1.54, 1.807) is 25.3 Å². The van der Waals surface area contributed by atoms with Crippen molar-refractivity contribution in [1.29, 1.82) is 0 Å². The molecule has 10 nitrogen and oxygen atoms in total. The molecule has 32 heavy (non-hydrogen) atoms. The first kappa shape index (κ1) is 22.9. The molecule has 2 atom stereocenters. The fourth-order valence-electron chi connectivity index (χ4n) is 3.46. The number of benzene rings is 1.